The molecule has 2 aliphatic heterocycles. The molecule has 2 aliphatic rings. The molecule has 0 saturated carbocycles. The minimum absolute atomic E-state index is 0.0140. The van der Waals surface area contributed by atoms with Crippen LogP contribution in [0, 0.1) is 17.2 Å². The molecule has 7 heteroatoms. The third kappa shape index (κ3) is 3.90. The first kappa shape index (κ1) is 20.7. The number of pyridine rings is 1. The Hall–Kier alpha value is -2.02. The van der Waals surface area contributed by atoms with Gasteiger partial charge in [-0.05, 0) is 56.6 Å². The molecule has 2 bridgehead atoms. The van der Waals surface area contributed by atoms with Crippen molar-refractivity contribution >= 4 is 11.8 Å². The van der Waals surface area contributed by atoms with E-state index >= 15 is 0 Å². The summed E-state index contributed by atoms with van der Waals surface area (Å²) in [5.41, 5.74) is -0.378. The van der Waals surface area contributed by atoms with E-state index in [0.717, 1.165) is 31.9 Å². The van der Waals surface area contributed by atoms with E-state index in [-0.39, 0.29) is 36.2 Å². The molecule has 1 aromatic heterocycles. The van der Waals surface area contributed by atoms with E-state index in [1.54, 1.807) is 0 Å². The average molecular weight is 391 g/mol. The number of fused-ring (bicyclic) bond motifs is 2. The van der Waals surface area contributed by atoms with Gasteiger partial charge in [0.05, 0.1) is 11.6 Å². The number of rotatable bonds is 8. The van der Waals surface area contributed by atoms with E-state index in [9.17, 15) is 14.0 Å². The molecule has 0 aliphatic carbocycles. The minimum Gasteiger partial charge on any atom is -0.396 e. The number of nitrogens with zero attached hydrogens (tertiary/aromatic N) is 2. The molecule has 28 heavy (non-hydrogen) atoms. The first-order chi connectivity index (χ1) is 13.4. The van der Waals surface area contributed by atoms with Crippen LogP contribution in [0.2, 0.25) is 0 Å². The largest absolute Gasteiger partial charge is 0.396 e. The van der Waals surface area contributed by atoms with Crippen molar-refractivity contribution in [3.05, 3.63) is 29.8 Å². The van der Waals surface area contributed by atoms with Gasteiger partial charge in [-0.1, -0.05) is 13.8 Å². The Morgan fingerprint density at radius 1 is 1.39 bits per heavy atom. The lowest BCUT2D eigenvalue weighted by molar-refractivity contribution is -0.133. The number of hydrogen-bond acceptors (Lipinski definition) is 4. The summed E-state index contributed by atoms with van der Waals surface area (Å²) in [6.07, 6.45) is 5.54. The lowest BCUT2D eigenvalue weighted by Crippen LogP contribution is -2.50. The second-order valence-corrected chi connectivity index (χ2v) is 8.45. The zero-order valence-corrected chi connectivity index (χ0v) is 16.7. The Balaban J connectivity index is 1.84. The smallest absolute Gasteiger partial charge is 0.272 e. The molecule has 0 unspecified atom stereocenters. The van der Waals surface area contributed by atoms with E-state index < -0.39 is 11.2 Å². The Bertz CT molecular complexity index is 709. The van der Waals surface area contributed by atoms with Gasteiger partial charge in [-0.25, -0.2) is 9.37 Å². The van der Waals surface area contributed by atoms with Crippen LogP contribution in [0.25, 0.3) is 0 Å². The fourth-order valence-corrected chi connectivity index (χ4v) is 4.75. The van der Waals surface area contributed by atoms with Gasteiger partial charge in [0, 0.05) is 25.2 Å². The quantitative estimate of drug-likeness (QED) is 0.667. The molecule has 0 aromatic carbocycles. The van der Waals surface area contributed by atoms with Crippen molar-refractivity contribution in [2.24, 2.45) is 11.3 Å². The van der Waals surface area contributed by atoms with Crippen LogP contribution in [0.5, 0.6) is 0 Å². The van der Waals surface area contributed by atoms with Crippen LogP contribution in [0.15, 0.2) is 18.3 Å². The van der Waals surface area contributed by atoms with Crippen LogP contribution >= 0.6 is 0 Å². The molecular formula is C21H30FN3O3. The molecule has 3 heterocycles. The highest BCUT2D eigenvalue weighted by Gasteiger charge is 2.60. The minimum atomic E-state index is -0.599. The summed E-state index contributed by atoms with van der Waals surface area (Å²) in [5.74, 6) is -0.250. The fraction of sp³-hybridized carbons (Fsp3) is 0.667. The van der Waals surface area contributed by atoms with Crippen molar-refractivity contribution < 1.29 is 19.1 Å². The molecule has 1 aromatic rings. The maximum atomic E-state index is 13.2. The zero-order valence-electron chi connectivity index (χ0n) is 16.7. The number of nitrogens with one attached hydrogen (secondary N) is 1. The van der Waals surface area contributed by atoms with Gasteiger partial charge < -0.3 is 15.3 Å². The van der Waals surface area contributed by atoms with Gasteiger partial charge in [0.1, 0.15) is 11.5 Å². The standard InChI is InChI=1S/C21H30FN3O3/c1-14(2)8-9-21(20(28)23-10-3-11-26)12-16-5-7-18(21)25(16)19(27)17-6-4-15(22)13-24-17/h4,6,13-14,16,18,26H,3,5,7-12H2,1-2H3,(H,23,28)/t16-,18+,21+/m1/s1. The maximum Gasteiger partial charge on any atom is 0.272 e. The van der Waals surface area contributed by atoms with E-state index in [1.165, 1.54) is 12.1 Å². The van der Waals surface area contributed by atoms with Crippen molar-refractivity contribution in [2.75, 3.05) is 13.2 Å². The van der Waals surface area contributed by atoms with Gasteiger partial charge >= 0.3 is 0 Å². The number of aromatic nitrogens is 1. The lowest BCUT2D eigenvalue weighted by atomic mass is 9.69. The first-order valence-electron chi connectivity index (χ1n) is 10.2. The average Bonchev–Trinajstić information content (AvgIpc) is 3.23. The summed E-state index contributed by atoms with van der Waals surface area (Å²) in [7, 11) is 0. The van der Waals surface area contributed by atoms with Crippen molar-refractivity contribution in [3.8, 4) is 0 Å². The van der Waals surface area contributed by atoms with Gasteiger partial charge in [-0.3, -0.25) is 9.59 Å². The molecule has 2 N–H and O–H groups in total. The molecule has 0 radical (unpaired) electrons. The number of aliphatic hydroxyl groups is 1. The van der Waals surface area contributed by atoms with Crippen molar-refractivity contribution in [3.63, 3.8) is 0 Å². The SMILES string of the molecule is CC(C)CC[C@]1(C(=O)NCCCO)C[C@H]2CC[C@@H]1N2C(=O)c1ccc(F)cn1. The van der Waals surface area contributed by atoms with E-state index in [2.05, 4.69) is 24.1 Å². The highest BCUT2D eigenvalue weighted by atomic mass is 19.1. The van der Waals surface area contributed by atoms with Gasteiger partial charge in [-0.2, -0.15) is 0 Å². The third-order valence-electron chi connectivity index (χ3n) is 6.16. The molecule has 2 saturated heterocycles. The molecule has 2 amide bonds. The van der Waals surface area contributed by atoms with Crippen LogP contribution in [0.3, 0.4) is 0 Å². The number of carbonyl (C=O) groups excluding carboxylic acids is 2. The number of halogens is 1. The monoisotopic (exact) mass is 391 g/mol. The van der Waals surface area contributed by atoms with Crippen LogP contribution in [-0.4, -0.2) is 52.0 Å². The molecule has 0 spiro atoms. The first-order valence-corrected chi connectivity index (χ1v) is 10.2. The van der Waals surface area contributed by atoms with Crippen LogP contribution in [0.4, 0.5) is 4.39 Å². The zero-order chi connectivity index (χ0) is 20.3. The molecule has 2 fully saturated rings. The Kier molecular flexibility index (Phi) is 6.33. The Morgan fingerprint density at radius 3 is 2.82 bits per heavy atom. The topological polar surface area (TPSA) is 82.5 Å². The van der Waals surface area contributed by atoms with Gasteiger partial charge in [0.2, 0.25) is 5.91 Å². The summed E-state index contributed by atoms with van der Waals surface area (Å²) in [6.45, 7) is 4.74. The summed E-state index contributed by atoms with van der Waals surface area (Å²) >= 11 is 0. The Labute approximate surface area is 165 Å². The van der Waals surface area contributed by atoms with Crippen LogP contribution < -0.4 is 5.32 Å². The summed E-state index contributed by atoms with van der Waals surface area (Å²) < 4.78 is 13.2. The summed E-state index contributed by atoms with van der Waals surface area (Å²) in [5, 5.41) is 12.0. The predicted molar refractivity (Wildman–Crippen MR) is 103 cm³/mol. The highest BCUT2D eigenvalue weighted by Crippen LogP contribution is 2.53. The van der Waals surface area contributed by atoms with Crippen molar-refractivity contribution in [1.29, 1.82) is 0 Å². The number of carbonyl (C=O) groups is 2. The highest BCUT2D eigenvalue weighted by molar-refractivity contribution is 5.95. The van der Waals surface area contributed by atoms with Crippen LogP contribution in [-0.2, 0) is 4.79 Å². The Morgan fingerprint density at radius 2 is 2.18 bits per heavy atom. The number of aliphatic hydroxyl groups excluding tert-OH is 1. The van der Waals surface area contributed by atoms with E-state index in [0.29, 0.717) is 25.3 Å². The van der Waals surface area contributed by atoms with Gasteiger partial charge in [0.25, 0.3) is 5.91 Å². The second-order valence-electron chi connectivity index (χ2n) is 8.45. The lowest BCUT2D eigenvalue weighted by Gasteiger charge is -2.36. The van der Waals surface area contributed by atoms with E-state index in [4.69, 9.17) is 5.11 Å². The predicted octanol–water partition coefficient (Wildman–Crippen LogP) is 2.52. The maximum absolute atomic E-state index is 13.2. The third-order valence-corrected chi connectivity index (χ3v) is 6.16. The van der Waals surface area contributed by atoms with Gasteiger partial charge in [0.15, 0.2) is 0 Å². The number of amides is 2. The number of hydrogen-bond donors (Lipinski definition) is 2. The summed E-state index contributed by atoms with van der Waals surface area (Å²) in [4.78, 5) is 32.1. The second kappa shape index (κ2) is 8.55. The molecular weight excluding hydrogens is 361 g/mol. The molecule has 3 atom stereocenters. The van der Waals surface area contributed by atoms with Crippen LogP contribution in [0.1, 0.15) is 62.9 Å². The molecule has 6 nitrogen and oxygen atoms in total. The van der Waals surface area contributed by atoms with Gasteiger partial charge in [-0.15, -0.1) is 0 Å². The molecule has 3 rings (SSSR count). The fourth-order valence-electron chi connectivity index (χ4n) is 4.75. The van der Waals surface area contributed by atoms with Crippen molar-refractivity contribution in [2.45, 2.75) is 64.5 Å². The van der Waals surface area contributed by atoms with E-state index in [1.807, 2.05) is 4.90 Å². The molecule has 154 valence electrons. The normalized spacial score (nSPS) is 26.1. The van der Waals surface area contributed by atoms with Crippen molar-refractivity contribution in [1.82, 2.24) is 15.2 Å². The summed E-state index contributed by atoms with van der Waals surface area (Å²) in [6, 6.07) is 2.50.